The van der Waals surface area contributed by atoms with Crippen LogP contribution in [0.4, 0.5) is 17.3 Å². The Kier molecular flexibility index (Phi) is 5.71. The van der Waals surface area contributed by atoms with Crippen LogP contribution in [0.1, 0.15) is 10.4 Å². The lowest BCUT2D eigenvalue weighted by molar-refractivity contribution is -0.384. The number of nitrogens with zero attached hydrogens (tertiary/aromatic N) is 3. The van der Waals surface area contributed by atoms with E-state index in [-0.39, 0.29) is 27.1 Å². The van der Waals surface area contributed by atoms with Gasteiger partial charge < -0.3 is 5.32 Å². The topological polar surface area (TPSA) is 144 Å². The van der Waals surface area contributed by atoms with Gasteiger partial charge in [-0.25, -0.2) is 23.1 Å². The molecule has 0 saturated heterocycles. The predicted octanol–water partition coefficient (Wildman–Crippen LogP) is 3.09. The number of carbonyl (C=O) groups is 1. The number of halogens is 1. The van der Waals surface area contributed by atoms with E-state index >= 15 is 0 Å². The lowest BCUT2D eigenvalue weighted by Gasteiger charge is -2.09. The van der Waals surface area contributed by atoms with Gasteiger partial charge in [-0.2, -0.15) is 0 Å². The standard InChI is InChI=1S/C17H12ClN5O5S/c18-14-10-11(2-7-15(14)23(25)26)16(24)21-12-3-5-13(6-4-12)29(27,28)22-17-19-8-1-9-20-17/h1-10H,(H,21,24)(H,19,20,22). The average molecular weight is 434 g/mol. The number of nitro benzene ring substituents is 1. The summed E-state index contributed by atoms with van der Waals surface area (Å²) in [5, 5.41) is 13.2. The normalized spacial score (nSPS) is 10.9. The number of carbonyl (C=O) groups excluding carboxylic acids is 1. The summed E-state index contributed by atoms with van der Waals surface area (Å²) in [6.07, 6.45) is 2.79. The van der Waals surface area contributed by atoms with Crippen LogP contribution in [0.15, 0.2) is 65.8 Å². The molecule has 1 aromatic heterocycles. The number of nitrogens with one attached hydrogen (secondary N) is 2. The molecule has 12 heteroatoms. The molecule has 0 spiro atoms. The van der Waals surface area contributed by atoms with Crippen molar-refractivity contribution in [1.82, 2.24) is 9.97 Å². The molecule has 0 aliphatic heterocycles. The fourth-order valence-corrected chi connectivity index (χ4v) is 3.46. The predicted molar refractivity (Wildman–Crippen MR) is 105 cm³/mol. The third-order valence-corrected chi connectivity index (χ3v) is 5.27. The molecule has 0 fully saturated rings. The smallest absolute Gasteiger partial charge is 0.287 e. The zero-order chi connectivity index (χ0) is 21.0. The Balaban J connectivity index is 1.72. The summed E-state index contributed by atoms with van der Waals surface area (Å²) >= 11 is 5.80. The van der Waals surface area contributed by atoms with Gasteiger partial charge in [-0.1, -0.05) is 11.6 Å². The van der Waals surface area contributed by atoms with Crippen LogP contribution in [-0.2, 0) is 10.0 Å². The minimum absolute atomic E-state index is 0.0543. The zero-order valence-electron chi connectivity index (χ0n) is 14.4. The second-order valence-corrected chi connectivity index (χ2v) is 7.67. The number of benzene rings is 2. The summed E-state index contributed by atoms with van der Waals surface area (Å²) in [4.78, 5) is 29.9. The molecule has 0 bridgehead atoms. The zero-order valence-corrected chi connectivity index (χ0v) is 16.0. The monoisotopic (exact) mass is 433 g/mol. The summed E-state index contributed by atoms with van der Waals surface area (Å²) in [6.45, 7) is 0. The molecule has 3 aromatic rings. The Hall–Kier alpha value is -3.57. The Labute approximate surface area is 169 Å². The second-order valence-electron chi connectivity index (χ2n) is 5.58. The summed E-state index contributed by atoms with van der Waals surface area (Å²) in [5.74, 6) is -0.631. The fourth-order valence-electron chi connectivity index (χ4n) is 2.25. The molecular weight excluding hydrogens is 422 g/mol. The maximum Gasteiger partial charge on any atom is 0.287 e. The summed E-state index contributed by atoms with van der Waals surface area (Å²) in [7, 11) is -3.90. The number of rotatable bonds is 6. The van der Waals surface area contributed by atoms with Gasteiger partial charge in [-0.15, -0.1) is 0 Å². The molecule has 0 aliphatic rings. The Morgan fingerprint density at radius 3 is 2.31 bits per heavy atom. The van der Waals surface area contributed by atoms with Crippen LogP contribution in [0.3, 0.4) is 0 Å². The lowest BCUT2D eigenvalue weighted by Crippen LogP contribution is -2.15. The van der Waals surface area contributed by atoms with Gasteiger partial charge in [0.25, 0.3) is 21.6 Å². The van der Waals surface area contributed by atoms with Gasteiger partial charge in [0.15, 0.2) is 0 Å². The van der Waals surface area contributed by atoms with E-state index in [4.69, 9.17) is 11.6 Å². The van der Waals surface area contributed by atoms with Crippen LogP contribution < -0.4 is 10.0 Å². The molecule has 29 heavy (non-hydrogen) atoms. The van der Waals surface area contributed by atoms with Gasteiger partial charge in [-0.3, -0.25) is 14.9 Å². The van der Waals surface area contributed by atoms with Gasteiger partial charge in [-0.05, 0) is 42.5 Å². The largest absolute Gasteiger partial charge is 0.322 e. The fraction of sp³-hybridized carbons (Fsp3) is 0. The van der Waals surface area contributed by atoms with E-state index in [1.807, 2.05) is 0 Å². The quantitative estimate of drug-likeness (QED) is 0.448. The van der Waals surface area contributed by atoms with E-state index in [0.717, 1.165) is 6.07 Å². The molecule has 0 radical (unpaired) electrons. The van der Waals surface area contributed by atoms with E-state index in [0.29, 0.717) is 5.69 Å². The minimum atomic E-state index is -3.90. The number of hydrogen-bond donors (Lipinski definition) is 2. The van der Waals surface area contributed by atoms with E-state index in [9.17, 15) is 23.3 Å². The molecule has 0 atom stereocenters. The highest BCUT2D eigenvalue weighted by Gasteiger charge is 2.17. The number of aromatic nitrogens is 2. The highest BCUT2D eigenvalue weighted by Crippen LogP contribution is 2.25. The van der Waals surface area contributed by atoms with Gasteiger partial charge in [0.1, 0.15) is 5.02 Å². The van der Waals surface area contributed by atoms with E-state index < -0.39 is 20.9 Å². The number of anilines is 2. The van der Waals surface area contributed by atoms with Crippen molar-refractivity contribution in [2.45, 2.75) is 4.90 Å². The van der Waals surface area contributed by atoms with Crippen molar-refractivity contribution in [3.63, 3.8) is 0 Å². The van der Waals surface area contributed by atoms with Crippen molar-refractivity contribution in [3.8, 4) is 0 Å². The highest BCUT2D eigenvalue weighted by molar-refractivity contribution is 7.92. The van der Waals surface area contributed by atoms with Crippen LogP contribution in [0, 0.1) is 10.1 Å². The number of nitro groups is 1. The summed E-state index contributed by atoms with van der Waals surface area (Å²) in [6, 6.07) is 10.5. The molecule has 3 rings (SSSR count). The Morgan fingerprint density at radius 1 is 1.07 bits per heavy atom. The van der Waals surface area contributed by atoms with Gasteiger partial charge in [0.05, 0.1) is 9.82 Å². The number of amides is 1. The van der Waals surface area contributed by atoms with Gasteiger partial charge in [0, 0.05) is 29.7 Å². The van der Waals surface area contributed by atoms with Crippen molar-refractivity contribution in [2.75, 3.05) is 10.0 Å². The highest BCUT2D eigenvalue weighted by atomic mass is 35.5. The molecule has 0 aliphatic carbocycles. The van der Waals surface area contributed by atoms with E-state index in [1.54, 1.807) is 6.07 Å². The Bertz CT molecular complexity index is 1170. The van der Waals surface area contributed by atoms with Crippen molar-refractivity contribution in [2.24, 2.45) is 0 Å². The first-order valence-corrected chi connectivity index (χ1v) is 9.77. The first-order chi connectivity index (χ1) is 13.8. The van der Waals surface area contributed by atoms with Crippen LogP contribution >= 0.6 is 11.6 Å². The van der Waals surface area contributed by atoms with Crippen molar-refractivity contribution in [3.05, 3.63) is 81.6 Å². The molecule has 1 amide bonds. The van der Waals surface area contributed by atoms with Crippen LogP contribution in [0.2, 0.25) is 5.02 Å². The Morgan fingerprint density at radius 2 is 1.72 bits per heavy atom. The maximum absolute atomic E-state index is 12.3. The lowest BCUT2D eigenvalue weighted by atomic mass is 10.2. The number of sulfonamides is 1. The first-order valence-electron chi connectivity index (χ1n) is 7.91. The molecule has 148 valence electrons. The van der Waals surface area contributed by atoms with Crippen molar-refractivity contribution in [1.29, 1.82) is 0 Å². The van der Waals surface area contributed by atoms with Crippen LogP contribution in [0.25, 0.3) is 0 Å². The summed E-state index contributed by atoms with van der Waals surface area (Å²) < 4.78 is 26.9. The first kappa shape index (κ1) is 20.2. The van der Waals surface area contributed by atoms with Crippen molar-refractivity contribution < 1.29 is 18.1 Å². The van der Waals surface area contributed by atoms with E-state index in [2.05, 4.69) is 20.0 Å². The molecule has 0 saturated carbocycles. The summed E-state index contributed by atoms with van der Waals surface area (Å²) in [5.41, 5.74) is 0.118. The molecule has 2 N–H and O–H groups in total. The second kappa shape index (κ2) is 8.20. The SMILES string of the molecule is O=C(Nc1ccc(S(=O)(=O)Nc2ncccn2)cc1)c1ccc([N+](=O)[O-])c(Cl)c1. The molecule has 10 nitrogen and oxygen atoms in total. The van der Waals surface area contributed by atoms with Crippen LogP contribution in [0.5, 0.6) is 0 Å². The minimum Gasteiger partial charge on any atom is -0.322 e. The number of hydrogen-bond acceptors (Lipinski definition) is 7. The van der Waals surface area contributed by atoms with E-state index in [1.165, 1.54) is 48.8 Å². The van der Waals surface area contributed by atoms with Crippen molar-refractivity contribution >= 4 is 44.9 Å². The molecule has 0 unspecified atom stereocenters. The average Bonchev–Trinajstić information content (AvgIpc) is 2.68. The molecular formula is C17H12ClN5O5S. The molecule has 1 heterocycles. The third-order valence-electron chi connectivity index (χ3n) is 3.62. The maximum atomic E-state index is 12.3. The molecule has 2 aromatic carbocycles. The van der Waals surface area contributed by atoms with Crippen LogP contribution in [-0.4, -0.2) is 29.2 Å². The van der Waals surface area contributed by atoms with Gasteiger partial charge in [0.2, 0.25) is 5.95 Å². The van der Waals surface area contributed by atoms with Gasteiger partial charge >= 0.3 is 0 Å². The third kappa shape index (κ3) is 4.83.